The Hall–Kier alpha value is -3.16. The maximum absolute atomic E-state index is 12.3. The molecule has 0 aliphatic carbocycles. The zero-order chi connectivity index (χ0) is 20.0. The van der Waals surface area contributed by atoms with Gasteiger partial charge in [0.15, 0.2) is 0 Å². The number of amides is 1. The van der Waals surface area contributed by atoms with E-state index in [4.69, 9.17) is 11.6 Å². The lowest BCUT2D eigenvalue weighted by Crippen LogP contribution is -2.18. The van der Waals surface area contributed by atoms with E-state index in [0.717, 1.165) is 0 Å². The van der Waals surface area contributed by atoms with Crippen LogP contribution in [0.2, 0.25) is 5.02 Å². The molecule has 1 amide bonds. The van der Waals surface area contributed by atoms with Crippen molar-refractivity contribution in [2.75, 3.05) is 5.32 Å². The second kappa shape index (κ2) is 8.69. The van der Waals surface area contributed by atoms with Gasteiger partial charge in [0.05, 0.1) is 11.1 Å². The maximum atomic E-state index is 12.3. The minimum Gasteiger partial charge on any atom is -0.322 e. The van der Waals surface area contributed by atoms with Crippen LogP contribution in [0.1, 0.15) is 15.9 Å². The van der Waals surface area contributed by atoms with Crippen molar-refractivity contribution in [2.45, 2.75) is 4.90 Å². The summed E-state index contributed by atoms with van der Waals surface area (Å²) in [5.74, 6) is -0.282. The average molecular weight is 414 g/mol. The molecule has 142 valence electrons. The van der Waals surface area contributed by atoms with Crippen LogP contribution >= 0.6 is 11.6 Å². The van der Waals surface area contributed by atoms with Gasteiger partial charge in [-0.15, -0.1) is 0 Å². The van der Waals surface area contributed by atoms with E-state index in [1.165, 1.54) is 18.3 Å². The SMILES string of the molecule is O=C(Nc1cccc(/C=N/NS(=O)(=O)c2ccccc2)c1)c1ccc(Cl)cc1. The molecule has 0 aliphatic rings. The van der Waals surface area contributed by atoms with E-state index >= 15 is 0 Å². The molecule has 0 saturated heterocycles. The number of halogens is 1. The highest BCUT2D eigenvalue weighted by molar-refractivity contribution is 7.89. The van der Waals surface area contributed by atoms with E-state index in [-0.39, 0.29) is 10.8 Å². The van der Waals surface area contributed by atoms with Crippen LogP contribution in [0.4, 0.5) is 5.69 Å². The summed E-state index contributed by atoms with van der Waals surface area (Å²) >= 11 is 5.82. The monoisotopic (exact) mass is 413 g/mol. The number of nitrogens with zero attached hydrogens (tertiary/aromatic N) is 1. The first-order valence-corrected chi connectivity index (χ1v) is 10.1. The highest BCUT2D eigenvalue weighted by Crippen LogP contribution is 2.14. The number of benzene rings is 3. The average Bonchev–Trinajstić information content (AvgIpc) is 2.69. The molecule has 0 fully saturated rings. The molecule has 0 saturated carbocycles. The molecule has 8 heteroatoms. The van der Waals surface area contributed by atoms with E-state index in [0.29, 0.717) is 21.8 Å². The van der Waals surface area contributed by atoms with Crippen LogP contribution in [-0.4, -0.2) is 20.5 Å². The van der Waals surface area contributed by atoms with Crippen molar-refractivity contribution >= 4 is 39.4 Å². The van der Waals surface area contributed by atoms with Crippen molar-refractivity contribution in [1.82, 2.24) is 4.83 Å². The van der Waals surface area contributed by atoms with Crippen LogP contribution in [0.15, 0.2) is 88.9 Å². The molecule has 3 rings (SSSR count). The Morgan fingerprint density at radius 3 is 2.36 bits per heavy atom. The summed E-state index contributed by atoms with van der Waals surface area (Å²) in [5, 5.41) is 7.10. The van der Waals surface area contributed by atoms with Gasteiger partial charge in [-0.05, 0) is 54.1 Å². The number of hydrogen-bond donors (Lipinski definition) is 2. The van der Waals surface area contributed by atoms with Crippen LogP contribution in [0.5, 0.6) is 0 Å². The largest absolute Gasteiger partial charge is 0.322 e. The number of nitrogens with one attached hydrogen (secondary N) is 2. The predicted molar refractivity (Wildman–Crippen MR) is 110 cm³/mol. The van der Waals surface area contributed by atoms with Crippen LogP contribution < -0.4 is 10.1 Å². The summed E-state index contributed by atoms with van der Waals surface area (Å²) in [4.78, 5) is 14.5. The second-order valence-corrected chi connectivity index (χ2v) is 7.85. The minimum absolute atomic E-state index is 0.121. The summed E-state index contributed by atoms with van der Waals surface area (Å²) in [7, 11) is -3.73. The summed E-state index contributed by atoms with van der Waals surface area (Å²) in [6.45, 7) is 0. The van der Waals surface area contributed by atoms with Gasteiger partial charge in [0, 0.05) is 16.3 Å². The topological polar surface area (TPSA) is 87.6 Å². The first-order chi connectivity index (χ1) is 13.4. The fourth-order valence-corrected chi connectivity index (χ4v) is 3.26. The lowest BCUT2D eigenvalue weighted by Gasteiger charge is -2.06. The first-order valence-electron chi connectivity index (χ1n) is 8.21. The third-order valence-corrected chi connectivity index (χ3v) is 5.18. The van der Waals surface area contributed by atoms with Crippen LogP contribution in [-0.2, 0) is 10.0 Å². The van der Waals surface area contributed by atoms with Gasteiger partial charge in [0.25, 0.3) is 15.9 Å². The number of anilines is 1. The summed E-state index contributed by atoms with van der Waals surface area (Å²) in [6, 6.07) is 21.3. The van der Waals surface area contributed by atoms with Gasteiger partial charge in [-0.1, -0.05) is 41.9 Å². The molecule has 0 unspecified atom stereocenters. The van der Waals surface area contributed by atoms with E-state index in [1.54, 1.807) is 66.7 Å². The molecule has 28 heavy (non-hydrogen) atoms. The zero-order valence-corrected chi connectivity index (χ0v) is 16.1. The molecule has 0 bridgehead atoms. The van der Waals surface area contributed by atoms with E-state index in [2.05, 4.69) is 15.2 Å². The minimum atomic E-state index is -3.73. The van der Waals surface area contributed by atoms with Gasteiger partial charge >= 0.3 is 0 Å². The molecular formula is C20H16ClN3O3S. The fourth-order valence-electron chi connectivity index (χ4n) is 2.32. The molecule has 0 radical (unpaired) electrons. The number of hydrazone groups is 1. The second-order valence-electron chi connectivity index (χ2n) is 5.75. The molecule has 0 aromatic heterocycles. The highest BCUT2D eigenvalue weighted by Gasteiger charge is 2.11. The Kier molecular flexibility index (Phi) is 6.08. The van der Waals surface area contributed by atoms with Crippen LogP contribution in [0.3, 0.4) is 0 Å². The molecule has 2 N–H and O–H groups in total. The van der Waals surface area contributed by atoms with Gasteiger partial charge in [-0.2, -0.15) is 13.5 Å². The Morgan fingerprint density at radius 2 is 1.64 bits per heavy atom. The van der Waals surface area contributed by atoms with Crippen molar-refractivity contribution in [3.05, 3.63) is 95.0 Å². The summed E-state index contributed by atoms with van der Waals surface area (Å²) < 4.78 is 24.2. The standard InChI is InChI=1S/C20H16ClN3O3S/c21-17-11-9-16(10-12-17)20(25)23-18-6-4-5-15(13-18)14-22-24-28(26,27)19-7-2-1-3-8-19/h1-14,24H,(H,23,25)/b22-14+. The zero-order valence-electron chi connectivity index (χ0n) is 14.5. The number of carbonyl (C=O) groups is 1. The third kappa shape index (κ3) is 5.18. The van der Waals surface area contributed by atoms with Gasteiger partial charge in [0.1, 0.15) is 0 Å². The highest BCUT2D eigenvalue weighted by atomic mass is 35.5. The third-order valence-electron chi connectivity index (χ3n) is 3.69. The molecule has 3 aromatic rings. The van der Waals surface area contributed by atoms with Crippen molar-refractivity contribution in [1.29, 1.82) is 0 Å². The van der Waals surface area contributed by atoms with Gasteiger partial charge in [-0.25, -0.2) is 4.83 Å². The molecular weight excluding hydrogens is 398 g/mol. The first kappa shape index (κ1) is 19.6. The molecule has 0 heterocycles. The Balaban J connectivity index is 1.67. The van der Waals surface area contributed by atoms with Crippen molar-refractivity contribution in [3.8, 4) is 0 Å². The predicted octanol–water partition coefficient (Wildman–Crippen LogP) is 3.90. The molecule has 6 nitrogen and oxygen atoms in total. The fraction of sp³-hybridized carbons (Fsp3) is 0. The Morgan fingerprint density at radius 1 is 0.929 bits per heavy atom. The van der Waals surface area contributed by atoms with E-state index < -0.39 is 10.0 Å². The van der Waals surface area contributed by atoms with Gasteiger partial charge in [0.2, 0.25) is 0 Å². The number of carbonyl (C=O) groups excluding carboxylic acids is 1. The molecule has 0 atom stereocenters. The van der Waals surface area contributed by atoms with Crippen LogP contribution in [0.25, 0.3) is 0 Å². The van der Waals surface area contributed by atoms with E-state index in [9.17, 15) is 13.2 Å². The molecule has 0 aliphatic heterocycles. The summed E-state index contributed by atoms with van der Waals surface area (Å²) in [5.41, 5.74) is 1.64. The normalized spacial score (nSPS) is 11.3. The summed E-state index contributed by atoms with van der Waals surface area (Å²) in [6.07, 6.45) is 1.36. The Bertz CT molecular complexity index is 1100. The van der Waals surface area contributed by atoms with Crippen LogP contribution in [0, 0.1) is 0 Å². The lowest BCUT2D eigenvalue weighted by molar-refractivity contribution is 0.102. The number of hydrogen-bond acceptors (Lipinski definition) is 4. The maximum Gasteiger partial charge on any atom is 0.276 e. The quantitative estimate of drug-likeness (QED) is 0.474. The number of sulfonamides is 1. The van der Waals surface area contributed by atoms with Gasteiger partial charge in [-0.3, -0.25) is 4.79 Å². The smallest absolute Gasteiger partial charge is 0.276 e. The van der Waals surface area contributed by atoms with E-state index in [1.807, 2.05) is 0 Å². The van der Waals surface area contributed by atoms with Crippen molar-refractivity contribution in [2.24, 2.45) is 5.10 Å². The van der Waals surface area contributed by atoms with Crippen molar-refractivity contribution < 1.29 is 13.2 Å². The lowest BCUT2D eigenvalue weighted by atomic mass is 10.2. The number of rotatable bonds is 6. The molecule has 3 aromatic carbocycles. The Labute approximate surface area is 167 Å². The van der Waals surface area contributed by atoms with Gasteiger partial charge < -0.3 is 5.32 Å². The molecule has 0 spiro atoms. The van der Waals surface area contributed by atoms with Crippen molar-refractivity contribution in [3.63, 3.8) is 0 Å².